The van der Waals surface area contributed by atoms with Gasteiger partial charge < -0.3 is 44.6 Å². The summed E-state index contributed by atoms with van der Waals surface area (Å²) in [5, 5.41) is -0.509. The van der Waals surface area contributed by atoms with Crippen molar-refractivity contribution in [1.29, 1.82) is 0 Å². The van der Waals surface area contributed by atoms with E-state index in [4.69, 9.17) is 0 Å². The molecule has 0 N–H and O–H groups in total. The molecule has 0 unspecified atom stereocenters. The summed E-state index contributed by atoms with van der Waals surface area (Å²) in [6.07, 6.45) is 0. The molecule has 0 atom stereocenters. The van der Waals surface area contributed by atoms with Crippen molar-refractivity contribution in [1.82, 2.24) is 9.80 Å². The molecule has 0 rings (SSSR count). The van der Waals surface area contributed by atoms with E-state index in [1.54, 1.807) is 9.80 Å². The molecule has 104 valence electrons. The summed E-state index contributed by atoms with van der Waals surface area (Å²) in [5.74, 6) is 0. The van der Waals surface area contributed by atoms with Gasteiger partial charge in [-0.25, -0.2) is 0 Å². The summed E-state index contributed by atoms with van der Waals surface area (Å²) in [7, 11) is 0. The van der Waals surface area contributed by atoms with Crippen LogP contribution in [0.5, 0.6) is 0 Å². The normalized spacial score (nSPS) is 8.24. The van der Waals surface area contributed by atoms with Crippen LogP contribution in [0.3, 0.4) is 0 Å². The fourth-order valence-electron chi connectivity index (χ4n) is 0.964. The number of carbonyl (C=O) groups is 2. The van der Waals surface area contributed by atoms with Crippen LogP contribution >= 0.6 is 0 Å². The van der Waals surface area contributed by atoms with E-state index in [2.05, 4.69) is 25.3 Å². The second-order valence-corrected chi connectivity index (χ2v) is 3.57. The Morgan fingerprint density at radius 3 is 0.941 bits per heavy atom. The number of carbonyl (C=O) groups excluding carboxylic acids is 2. The van der Waals surface area contributed by atoms with Crippen LogP contribution in [0, 0.1) is 0 Å². The monoisotopic (exact) mass is 322 g/mol. The predicted octanol–water partition coefficient (Wildman–Crippen LogP) is 1.99. The van der Waals surface area contributed by atoms with E-state index in [-0.39, 0.29) is 27.0 Å². The molecule has 0 aromatic carbocycles. The Balaban J connectivity index is -0.000000218. The second kappa shape index (κ2) is 13.9. The zero-order valence-corrected chi connectivity index (χ0v) is 13.3. The molecule has 7 heteroatoms. The Kier molecular flexibility index (Phi) is 18.1. The van der Waals surface area contributed by atoms with Gasteiger partial charge in [0.05, 0.1) is 0 Å². The SMILES string of the molecule is CCN(CC)C(=O)[S-].CCN(CC)C(=O)[S-].[Ni+2]. The summed E-state index contributed by atoms with van der Waals surface area (Å²) >= 11 is 8.77. The molecule has 0 bridgehead atoms. The zero-order valence-electron chi connectivity index (χ0n) is 10.7. The van der Waals surface area contributed by atoms with Crippen molar-refractivity contribution in [2.45, 2.75) is 27.7 Å². The molecule has 4 nitrogen and oxygen atoms in total. The topological polar surface area (TPSA) is 40.6 Å². The van der Waals surface area contributed by atoms with Crippen LogP contribution in [0.25, 0.3) is 0 Å². The molecule has 0 saturated heterocycles. The molecule has 0 aliphatic rings. The maximum atomic E-state index is 10.3. The number of hydrogen-bond donors (Lipinski definition) is 0. The third-order valence-electron chi connectivity index (χ3n) is 2.04. The van der Waals surface area contributed by atoms with Crippen molar-refractivity contribution >= 4 is 35.7 Å². The van der Waals surface area contributed by atoms with Gasteiger partial charge in [0, 0.05) is 26.2 Å². The van der Waals surface area contributed by atoms with E-state index in [1.165, 1.54) is 0 Å². The van der Waals surface area contributed by atoms with Gasteiger partial charge in [0.15, 0.2) is 0 Å². The first-order valence-corrected chi connectivity index (χ1v) is 6.17. The Bertz CT molecular complexity index is 188. The Morgan fingerprint density at radius 1 is 0.765 bits per heavy atom. The van der Waals surface area contributed by atoms with E-state index in [0.717, 1.165) is 26.2 Å². The van der Waals surface area contributed by atoms with Crippen molar-refractivity contribution in [3.63, 3.8) is 0 Å². The van der Waals surface area contributed by atoms with Gasteiger partial charge in [0.1, 0.15) is 10.5 Å². The molecule has 2 amide bonds. The van der Waals surface area contributed by atoms with Gasteiger partial charge in [-0.05, 0) is 27.7 Å². The molecule has 0 aromatic rings. The molecule has 0 spiro atoms. The Hall–Kier alpha value is -0.126. The maximum absolute atomic E-state index is 10.3. The zero-order chi connectivity index (χ0) is 13.1. The minimum Gasteiger partial charge on any atom is -0.719 e. The smallest absolute Gasteiger partial charge is 0.719 e. The fourth-order valence-corrected chi connectivity index (χ4v) is 1.48. The van der Waals surface area contributed by atoms with Crippen LogP contribution in [0.4, 0.5) is 9.59 Å². The van der Waals surface area contributed by atoms with Crippen LogP contribution in [-0.2, 0) is 41.7 Å². The van der Waals surface area contributed by atoms with Gasteiger partial charge in [-0.1, -0.05) is 0 Å². The third-order valence-corrected chi connectivity index (χ3v) is 2.56. The predicted molar refractivity (Wildman–Crippen MR) is 71.4 cm³/mol. The summed E-state index contributed by atoms with van der Waals surface area (Å²) in [4.78, 5) is 23.9. The van der Waals surface area contributed by atoms with E-state index in [1.807, 2.05) is 27.7 Å². The van der Waals surface area contributed by atoms with E-state index in [0.29, 0.717) is 0 Å². The molecule has 0 saturated carbocycles. The van der Waals surface area contributed by atoms with E-state index < -0.39 is 0 Å². The first-order chi connectivity index (χ1) is 7.44. The third kappa shape index (κ3) is 12.1. The number of hydrogen-bond acceptors (Lipinski definition) is 4. The number of rotatable bonds is 4. The molecular weight excluding hydrogens is 303 g/mol. The quantitative estimate of drug-likeness (QED) is 0.586. The summed E-state index contributed by atoms with van der Waals surface area (Å²) in [5.41, 5.74) is 0. The van der Waals surface area contributed by atoms with Crippen molar-refractivity contribution in [3.05, 3.63) is 0 Å². The molecule has 0 radical (unpaired) electrons. The van der Waals surface area contributed by atoms with E-state index in [9.17, 15) is 9.59 Å². The largest absolute Gasteiger partial charge is 2.00 e. The molecule has 0 aliphatic carbocycles. The van der Waals surface area contributed by atoms with Crippen molar-refractivity contribution in [2.24, 2.45) is 0 Å². The standard InChI is InChI=1S/2C5H11NOS.Ni/c2*1-3-6(4-2)5(7)8;/h2*3-4H2,1-2H3,(H,7,8);/q;;+2/p-2. The molecule has 0 heterocycles. The molecule has 0 aromatic heterocycles. The molecular formula is C10H20N2NiO2S2. The van der Waals surface area contributed by atoms with Crippen molar-refractivity contribution < 1.29 is 26.1 Å². The first kappa shape index (κ1) is 22.1. The van der Waals surface area contributed by atoms with Gasteiger partial charge in [-0.3, -0.25) is 0 Å². The van der Waals surface area contributed by atoms with E-state index >= 15 is 0 Å². The summed E-state index contributed by atoms with van der Waals surface area (Å²) in [6, 6.07) is 0. The van der Waals surface area contributed by atoms with Crippen LogP contribution in [-0.4, -0.2) is 46.5 Å². The summed E-state index contributed by atoms with van der Waals surface area (Å²) < 4.78 is 0. The average Bonchev–Trinajstić information content (AvgIpc) is 2.21. The Labute approximate surface area is 125 Å². The van der Waals surface area contributed by atoms with Crippen molar-refractivity contribution in [2.75, 3.05) is 26.2 Å². The minimum absolute atomic E-state index is 0. The molecule has 0 fully saturated rings. The van der Waals surface area contributed by atoms with Crippen molar-refractivity contribution in [3.8, 4) is 0 Å². The molecule has 0 aliphatic heterocycles. The van der Waals surface area contributed by atoms with Gasteiger partial charge in [0.25, 0.3) is 0 Å². The van der Waals surface area contributed by atoms with Crippen LogP contribution < -0.4 is 0 Å². The molecule has 17 heavy (non-hydrogen) atoms. The first-order valence-electron chi connectivity index (χ1n) is 5.36. The summed E-state index contributed by atoms with van der Waals surface area (Å²) in [6.45, 7) is 10.5. The minimum atomic E-state index is -0.255. The van der Waals surface area contributed by atoms with Gasteiger partial charge >= 0.3 is 16.5 Å². The van der Waals surface area contributed by atoms with Gasteiger partial charge in [-0.15, -0.1) is 0 Å². The number of nitrogens with zero attached hydrogens (tertiary/aromatic N) is 2. The fraction of sp³-hybridized carbons (Fsp3) is 0.800. The second-order valence-electron chi connectivity index (χ2n) is 2.88. The van der Waals surface area contributed by atoms with Gasteiger partial charge in [0.2, 0.25) is 0 Å². The Morgan fingerprint density at radius 2 is 0.941 bits per heavy atom. The van der Waals surface area contributed by atoms with Crippen LogP contribution in [0.1, 0.15) is 27.7 Å². The van der Waals surface area contributed by atoms with Crippen LogP contribution in [0.2, 0.25) is 0 Å². The maximum Gasteiger partial charge on any atom is 2.00 e. The van der Waals surface area contributed by atoms with Crippen LogP contribution in [0.15, 0.2) is 0 Å². The number of amides is 2. The van der Waals surface area contributed by atoms with Gasteiger partial charge in [-0.2, -0.15) is 0 Å². The average molecular weight is 323 g/mol.